The van der Waals surface area contributed by atoms with Crippen molar-refractivity contribution in [3.8, 4) is 0 Å². The number of nitrogens with one attached hydrogen (secondary N) is 1. The number of carbonyl (C=O) groups excluding carboxylic acids is 1. The molecule has 0 spiro atoms. The molecule has 0 radical (unpaired) electrons. The molecule has 1 N–H and O–H groups in total. The van der Waals surface area contributed by atoms with Crippen molar-refractivity contribution in [3.05, 3.63) is 56.7 Å². The van der Waals surface area contributed by atoms with Crippen molar-refractivity contribution in [2.45, 2.75) is 12.2 Å². The number of carbonyl (C=O) groups is 1. The normalized spacial score (nSPS) is 10.4. The first-order chi connectivity index (χ1) is 9.74. The first kappa shape index (κ1) is 15.6. The van der Waals surface area contributed by atoms with Gasteiger partial charge in [0.1, 0.15) is 0 Å². The Labute approximate surface area is 136 Å². The molecule has 0 saturated heterocycles. The number of halogens is 1. The number of hydrogen-bond acceptors (Lipinski definition) is 3. The zero-order valence-corrected chi connectivity index (χ0v) is 14.2. The average molecular weight is 370 g/mol. The fourth-order valence-electron chi connectivity index (χ4n) is 1.68. The summed E-state index contributed by atoms with van der Waals surface area (Å²) in [6.45, 7) is 0.728. The molecule has 0 saturated carbocycles. The van der Waals surface area contributed by atoms with Gasteiger partial charge in [-0.25, -0.2) is 0 Å². The summed E-state index contributed by atoms with van der Waals surface area (Å²) in [5, 5.41) is 5.05. The highest BCUT2D eigenvalue weighted by Gasteiger charge is 2.02. The molecule has 2 nitrogen and oxygen atoms in total. The summed E-state index contributed by atoms with van der Waals surface area (Å²) in [7, 11) is 0. The predicted molar refractivity (Wildman–Crippen MR) is 91.3 cm³/mol. The highest BCUT2D eigenvalue weighted by molar-refractivity contribution is 9.10. The van der Waals surface area contributed by atoms with E-state index in [-0.39, 0.29) is 5.91 Å². The molecule has 20 heavy (non-hydrogen) atoms. The predicted octanol–water partition coefficient (Wildman–Crippen LogP) is 4.10. The number of hydrogen-bond donors (Lipinski definition) is 1. The van der Waals surface area contributed by atoms with E-state index in [2.05, 4.69) is 38.8 Å². The lowest BCUT2D eigenvalue weighted by Gasteiger charge is -2.05. The Kier molecular flexibility index (Phi) is 6.63. The van der Waals surface area contributed by atoms with Gasteiger partial charge in [0, 0.05) is 27.4 Å². The maximum absolute atomic E-state index is 11.8. The smallest absolute Gasteiger partial charge is 0.224 e. The monoisotopic (exact) mass is 369 g/mol. The van der Waals surface area contributed by atoms with E-state index in [0.29, 0.717) is 6.42 Å². The lowest BCUT2D eigenvalue weighted by molar-refractivity contribution is -0.120. The summed E-state index contributed by atoms with van der Waals surface area (Å²) < 4.78 is 1.03. The highest BCUT2D eigenvalue weighted by Crippen LogP contribution is 2.16. The van der Waals surface area contributed by atoms with E-state index in [1.807, 2.05) is 36.0 Å². The van der Waals surface area contributed by atoms with Crippen molar-refractivity contribution in [2.24, 2.45) is 0 Å². The summed E-state index contributed by atoms with van der Waals surface area (Å²) in [6, 6.07) is 12.1. The fraction of sp³-hybridized carbons (Fsp3) is 0.267. The largest absolute Gasteiger partial charge is 0.355 e. The van der Waals surface area contributed by atoms with Gasteiger partial charge in [-0.3, -0.25) is 4.79 Å². The summed E-state index contributed by atoms with van der Waals surface area (Å²) in [6.07, 6.45) is 0.447. The van der Waals surface area contributed by atoms with Crippen LogP contribution in [-0.4, -0.2) is 18.2 Å². The summed E-state index contributed by atoms with van der Waals surface area (Å²) in [4.78, 5) is 13.1. The first-order valence-corrected chi connectivity index (χ1v) is 9.18. The average Bonchev–Trinajstić information content (AvgIpc) is 2.94. The standard InChI is InChI=1S/C15H16BrNOS2/c16-13-5-3-12(4-6-13)10-15(18)17-7-9-19-11-14-2-1-8-20-14/h1-6,8H,7,9-11H2,(H,17,18). The van der Waals surface area contributed by atoms with Gasteiger partial charge in [-0.2, -0.15) is 11.8 Å². The molecule has 106 valence electrons. The minimum absolute atomic E-state index is 0.0871. The molecule has 2 rings (SSSR count). The van der Waals surface area contributed by atoms with Gasteiger partial charge in [-0.15, -0.1) is 11.3 Å². The van der Waals surface area contributed by atoms with E-state index in [0.717, 1.165) is 28.1 Å². The Bertz CT molecular complexity index is 525. The minimum atomic E-state index is 0.0871. The highest BCUT2D eigenvalue weighted by atomic mass is 79.9. The topological polar surface area (TPSA) is 29.1 Å². The molecule has 0 aliphatic heterocycles. The van der Waals surface area contributed by atoms with Crippen molar-refractivity contribution < 1.29 is 4.79 Å². The van der Waals surface area contributed by atoms with Crippen molar-refractivity contribution in [1.29, 1.82) is 0 Å². The Morgan fingerprint density at radius 3 is 2.75 bits per heavy atom. The number of amides is 1. The lowest BCUT2D eigenvalue weighted by atomic mass is 10.1. The molecule has 0 unspecified atom stereocenters. The number of rotatable bonds is 7. The van der Waals surface area contributed by atoms with Crippen LogP contribution in [0.2, 0.25) is 0 Å². The second-order valence-corrected chi connectivity index (χ2v) is 7.34. The van der Waals surface area contributed by atoms with Crippen LogP contribution in [0.4, 0.5) is 0 Å². The number of thiophene rings is 1. The third-order valence-corrected chi connectivity index (χ3v) is 5.27. The molecule has 1 heterocycles. The van der Waals surface area contributed by atoms with Crippen LogP contribution in [0.3, 0.4) is 0 Å². The van der Waals surface area contributed by atoms with Gasteiger partial charge >= 0.3 is 0 Å². The molecular weight excluding hydrogens is 354 g/mol. The zero-order valence-electron chi connectivity index (χ0n) is 11.0. The molecule has 2 aromatic rings. The summed E-state index contributed by atoms with van der Waals surface area (Å²) in [5.41, 5.74) is 1.04. The Balaban J connectivity index is 1.59. The second-order valence-electron chi connectivity index (χ2n) is 4.29. The van der Waals surface area contributed by atoms with Gasteiger partial charge in [0.2, 0.25) is 5.91 Å². The molecular formula is C15H16BrNOS2. The Morgan fingerprint density at radius 1 is 1.25 bits per heavy atom. The quantitative estimate of drug-likeness (QED) is 0.744. The van der Waals surface area contributed by atoms with Gasteiger partial charge in [0.05, 0.1) is 6.42 Å². The van der Waals surface area contributed by atoms with Crippen LogP contribution in [0.1, 0.15) is 10.4 Å². The van der Waals surface area contributed by atoms with Crippen LogP contribution < -0.4 is 5.32 Å². The van der Waals surface area contributed by atoms with Crippen LogP contribution >= 0.6 is 39.0 Å². The van der Waals surface area contributed by atoms with Crippen LogP contribution in [0, 0.1) is 0 Å². The van der Waals surface area contributed by atoms with Crippen molar-refractivity contribution in [1.82, 2.24) is 5.32 Å². The minimum Gasteiger partial charge on any atom is -0.355 e. The molecule has 0 aliphatic carbocycles. The van der Waals surface area contributed by atoms with E-state index < -0.39 is 0 Å². The third-order valence-electron chi connectivity index (χ3n) is 2.67. The van der Waals surface area contributed by atoms with E-state index in [1.165, 1.54) is 4.88 Å². The van der Waals surface area contributed by atoms with Crippen molar-refractivity contribution in [2.75, 3.05) is 12.3 Å². The molecule has 1 aromatic heterocycles. The first-order valence-electron chi connectivity index (χ1n) is 6.35. The SMILES string of the molecule is O=C(Cc1ccc(Br)cc1)NCCSCc1cccs1. The van der Waals surface area contributed by atoms with Crippen molar-refractivity contribution >= 4 is 44.9 Å². The van der Waals surface area contributed by atoms with Crippen LogP contribution in [0.25, 0.3) is 0 Å². The van der Waals surface area contributed by atoms with E-state index in [9.17, 15) is 4.79 Å². The third kappa shape index (κ3) is 5.69. The van der Waals surface area contributed by atoms with Crippen LogP contribution in [0.5, 0.6) is 0 Å². The van der Waals surface area contributed by atoms with Gasteiger partial charge < -0.3 is 5.32 Å². The maximum atomic E-state index is 11.8. The Morgan fingerprint density at radius 2 is 2.05 bits per heavy atom. The van der Waals surface area contributed by atoms with E-state index in [4.69, 9.17) is 0 Å². The van der Waals surface area contributed by atoms with Gasteiger partial charge in [-0.1, -0.05) is 34.1 Å². The molecule has 5 heteroatoms. The Hall–Kier alpha value is -0.780. The van der Waals surface area contributed by atoms with Gasteiger partial charge in [0.15, 0.2) is 0 Å². The summed E-state index contributed by atoms with van der Waals surface area (Å²) in [5.74, 6) is 2.06. The van der Waals surface area contributed by atoms with Crippen molar-refractivity contribution in [3.63, 3.8) is 0 Å². The van der Waals surface area contributed by atoms with Gasteiger partial charge in [-0.05, 0) is 29.1 Å². The molecule has 0 atom stereocenters. The summed E-state index contributed by atoms with van der Waals surface area (Å²) >= 11 is 7.01. The molecule has 0 aliphatic rings. The lowest BCUT2D eigenvalue weighted by Crippen LogP contribution is -2.27. The number of benzene rings is 1. The van der Waals surface area contributed by atoms with Crippen LogP contribution in [0.15, 0.2) is 46.3 Å². The molecule has 1 amide bonds. The number of thioether (sulfide) groups is 1. The maximum Gasteiger partial charge on any atom is 0.224 e. The molecule has 0 fully saturated rings. The molecule has 1 aromatic carbocycles. The fourth-order valence-corrected chi connectivity index (χ4v) is 3.64. The van der Waals surface area contributed by atoms with E-state index >= 15 is 0 Å². The zero-order chi connectivity index (χ0) is 14.2. The second kappa shape index (κ2) is 8.49. The molecule has 0 bridgehead atoms. The van der Waals surface area contributed by atoms with E-state index in [1.54, 1.807) is 11.3 Å². The van der Waals surface area contributed by atoms with Gasteiger partial charge in [0.25, 0.3) is 0 Å². The van der Waals surface area contributed by atoms with Crippen LogP contribution in [-0.2, 0) is 17.0 Å².